The average molecular weight is 265 g/mol. The van der Waals surface area contributed by atoms with Gasteiger partial charge in [0.1, 0.15) is 0 Å². The molecular weight excluding hydrogens is 230 g/mol. The molecule has 0 amide bonds. The third-order valence-electron chi connectivity index (χ3n) is 6.69. The van der Waals surface area contributed by atoms with E-state index in [4.69, 9.17) is 0 Å². The SMILES string of the molecule is CCCC1CNCCC12CCC(C(C)(C)CC)CC2. The van der Waals surface area contributed by atoms with E-state index < -0.39 is 0 Å². The molecule has 1 heterocycles. The Balaban J connectivity index is 2.00. The smallest absolute Gasteiger partial charge is 0.00152 e. The van der Waals surface area contributed by atoms with Crippen molar-refractivity contribution in [1.82, 2.24) is 5.32 Å². The van der Waals surface area contributed by atoms with Gasteiger partial charge in [-0.3, -0.25) is 0 Å². The topological polar surface area (TPSA) is 12.0 Å². The molecule has 1 nitrogen and oxygen atoms in total. The monoisotopic (exact) mass is 265 g/mol. The van der Waals surface area contributed by atoms with Crippen LogP contribution in [0.1, 0.15) is 79.1 Å². The summed E-state index contributed by atoms with van der Waals surface area (Å²) in [6.45, 7) is 12.3. The zero-order valence-electron chi connectivity index (χ0n) is 13.7. The number of nitrogens with one attached hydrogen (secondary N) is 1. The van der Waals surface area contributed by atoms with Crippen LogP contribution in [0.5, 0.6) is 0 Å². The first-order valence-corrected chi connectivity index (χ1v) is 8.75. The number of piperidine rings is 1. The van der Waals surface area contributed by atoms with Crippen molar-refractivity contribution in [1.29, 1.82) is 0 Å². The van der Waals surface area contributed by atoms with Gasteiger partial charge in [-0.25, -0.2) is 0 Å². The van der Waals surface area contributed by atoms with Gasteiger partial charge in [-0.1, -0.05) is 40.5 Å². The van der Waals surface area contributed by atoms with E-state index in [2.05, 4.69) is 33.0 Å². The largest absolute Gasteiger partial charge is 0.316 e. The lowest BCUT2D eigenvalue weighted by Crippen LogP contribution is -2.47. The summed E-state index contributed by atoms with van der Waals surface area (Å²) in [4.78, 5) is 0. The minimum absolute atomic E-state index is 0.564. The van der Waals surface area contributed by atoms with Crippen LogP contribution in [0.15, 0.2) is 0 Å². The lowest BCUT2D eigenvalue weighted by atomic mass is 9.56. The molecule has 0 aromatic rings. The molecule has 19 heavy (non-hydrogen) atoms. The maximum atomic E-state index is 3.64. The molecule has 1 heteroatoms. The fraction of sp³-hybridized carbons (Fsp3) is 1.00. The van der Waals surface area contributed by atoms with Crippen molar-refractivity contribution >= 4 is 0 Å². The quantitative estimate of drug-likeness (QED) is 0.753. The Labute approximate surface area is 120 Å². The Morgan fingerprint density at radius 1 is 1.11 bits per heavy atom. The van der Waals surface area contributed by atoms with Gasteiger partial charge < -0.3 is 5.32 Å². The second-order valence-electron chi connectivity index (χ2n) is 7.92. The summed E-state index contributed by atoms with van der Waals surface area (Å²) in [5, 5.41) is 3.64. The van der Waals surface area contributed by atoms with Crippen molar-refractivity contribution in [3.05, 3.63) is 0 Å². The number of hydrogen-bond donors (Lipinski definition) is 1. The molecule has 1 N–H and O–H groups in total. The van der Waals surface area contributed by atoms with Gasteiger partial charge in [-0.15, -0.1) is 0 Å². The van der Waals surface area contributed by atoms with Crippen molar-refractivity contribution in [2.45, 2.75) is 79.1 Å². The molecule has 0 aromatic heterocycles. The van der Waals surface area contributed by atoms with Crippen molar-refractivity contribution in [2.24, 2.45) is 22.7 Å². The van der Waals surface area contributed by atoms with E-state index in [9.17, 15) is 0 Å². The van der Waals surface area contributed by atoms with E-state index in [1.165, 1.54) is 64.5 Å². The third kappa shape index (κ3) is 3.17. The van der Waals surface area contributed by atoms with Crippen molar-refractivity contribution < 1.29 is 0 Å². The van der Waals surface area contributed by atoms with Gasteiger partial charge in [0.2, 0.25) is 0 Å². The van der Waals surface area contributed by atoms with E-state index in [0.717, 1.165) is 11.8 Å². The molecule has 1 saturated heterocycles. The van der Waals surface area contributed by atoms with Crippen molar-refractivity contribution in [2.75, 3.05) is 13.1 Å². The predicted octanol–water partition coefficient (Wildman–Crippen LogP) is 5.01. The summed E-state index contributed by atoms with van der Waals surface area (Å²) in [6.07, 6.45) is 11.6. The Bertz CT molecular complexity index is 271. The lowest BCUT2D eigenvalue weighted by molar-refractivity contribution is 0.00723. The van der Waals surface area contributed by atoms with Gasteiger partial charge in [0.05, 0.1) is 0 Å². The first-order chi connectivity index (χ1) is 9.04. The highest BCUT2D eigenvalue weighted by Gasteiger charge is 2.44. The molecule has 1 aliphatic heterocycles. The Kier molecular flexibility index (Phi) is 4.98. The molecule has 2 rings (SSSR count). The summed E-state index contributed by atoms with van der Waals surface area (Å²) in [6, 6.07) is 0. The van der Waals surface area contributed by atoms with E-state index in [0.29, 0.717) is 10.8 Å². The van der Waals surface area contributed by atoms with Crippen LogP contribution in [0.4, 0.5) is 0 Å². The first-order valence-electron chi connectivity index (χ1n) is 8.75. The molecule has 0 aromatic carbocycles. The van der Waals surface area contributed by atoms with Gasteiger partial charge >= 0.3 is 0 Å². The maximum absolute atomic E-state index is 3.64. The summed E-state index contributed by atoms with van der Waals surface area (Å²) < 4.78 is 0. The highest BCUT2D eigenvalue weighted by Crippen LogP contribution is 2.53. The van der Waals surface area contributed by atoms with E-state index >= 15 is 0 Å². The highest BCUT2D eigenvalue weighted by atomic mass is 14.9. The van der Waals surface area contributed by atoms with Gasteiger partial charge in [0.15, 0.2) is 0 Å². The van der Waals surface area contributed by atoms with Gasteiger partial charge in [0, 0.05) is 0 Å². The highest BCUT2D eigenvalue weighted by molar-refractivity contribution is 4.96. The van der Waals surface area contributed by atoms with Crippen LogP contribution in [0.25, 0.3) is 0 Å². The van der Waals surface area contributed by atoms with E-state index in [1.807, 2.05) is 0 Å². The van der Waals surface area contributed by atoms with E-state index in [1.54, 1.807) is 0 Å². The number of hydrogen-bond acceptors (Lipinski definition) is 1. The summed E-state index contributed by atoms with van der Waals surface area (Å²) in [5.41, 5.74) is 1.27. The summed E-state index contributed by atoms with van der Waals surface area (Å²) >= 11 is 0. The van der Waals surface area contributed by atoms with Crippen LogP contribution < -0.4 is 5.32 Å². The van der Waals surface area contributed by atoms with Crippen LogP contribution in [0, 0.1) is 22.7 Å². The number of rotatable bonds is 4. The van der Waals surface area contributed by atoms with Crippen LogP contribution in [-0.4, -0.2) is 13.1 Å². The molecule has 1 atom stereocenters. The van der Waals surface area contributed by atoms with Gasteiger partial charge in [0.25, 0.3) is 0 Å². The van der Waals surface area contributed by atoms with Crippen LogP contribution in [0.3, 0.4) is 0 Å². The lowest BCUT2D eigenvalue weighted by Gasteiger charge is -2.51. The standard InChI is InChI=1S/C18H35N/c1-5-7-16-14-19-13-12-18(16)10-8-15(9-11-18)17(3,4)6-2/h15-16,19H,5-14H2,1-4H3. The van der Waals surface area contributed by atoms with Crippen molar-refractivity contribution in [3.8, 4) is 0 Å². The molecule has 2 fully saturated rings. The fourth-order valence-corrected chi connectivity index (χ4v) is 4.71. The molecule has 1 saturated carbocycles. The average Bonchev–Trinajstić information content (AvgIpc) is 2.42. The van der Waals surface area contributed by atoms with Crippen molar-refractivity contribution in [3.63, 3.8) is 0 Å². The molecule has 112 valence electrons. The zero-order chi connectivity index (χ0) is 13.9. The zero-order valence-corrected chi connectivity index (χ0v) is 13.7. The van der Waals surface area contributed by atoms with Gasteiger partial charge in [-0.05, 0) is 74.3 Å². The maximum Gasteiger partial charge on any atom is -0.00152 e. The van der Waals surface area contributed by atoms with Crippen LogP contribution in [-0.2, 0) is 0 Å². The van der Waals surface area contributed by atoms with Gasteiger partial charge in [-0.2, -0.15) is 0 Å². The molecule has 2 aliphatic rings. The summed E-state index contributed by atoms with van der Waals surface area (Å²) in [5.74, 6) is 1.93. The Morgan fingerprint density at radius 2 is 1.79 bits per heavy atom. The minimum atomic E-state index is 0.564. The third-order valence-corrected chi connectivity index (χ3v) is 6.69. The molecule has 1 spiro atoms. The fourth-order valence-electron chi connectivity index (χ4n) is 4.71. The predicted molar refractivity (Wildman–Crippen MR) is 84.3 cm³/mol. The minimum Gasteiger partial charge on any atom is -0.316 e. The molecule has 1 aliphatic carbocycles. The molecule has 0 radical (unpaired) electrons. The normalized spacial score (nSPS) is 36.6. The van der Waals surface area contributed by atoms with Crippen LogP contribution in [0.2, 0.25) is 0 Å². The van der Waals surface area contributed by atoms with Crippen LogP contribution >= 0.6 is 0 Å². The first kappa shape index (κ1) is 15.4. The summed E-state index contributed by atoms with van der Waals surface area (Å²) in [7, 11) is 0. The molecular formula is C18H35N. The van der Waals surface area contributed by atoms with E-state index in [-0.39, 0.29) is 0 Å². The second kappa shape index (κ2) is 6.16. The molecule has 0 bridgehead atoms. The Hall–Kier alpha value is -0.0400. The molecule has 1 unspecified atom stereocenters. The Morgan fingerprint density at radius 3 is 2.37 bits per heavy atom. The second-order valence-corrected chi connectivity index (χ2v) is 7.92.